The van der Waals surface area contributed by atoms with Crippen molar-refractivity contribution in [3.8, 4) is 0 Å². The number of nitrogens with zero attached hydrogens (tertiary/aromatic N) is 1. The van der Waals surface area contributed by atoms with Crippen molar-refractivity contribution in [2.24, 2.45) is 11.8 Å². The predicted molar refractivity (Wildman–Crippen MR) is 55.7 cm³/mol. The van der Waals surface area contributed by atoms with E-state index < -0.39 is 5.50 Å². The largest absolute Gasteiger partial charge is 0.399 e. The fourth-order valence-electron chi connectivity index (χ4n) is 1.98. The Hall–Kier alpha value is -0.0151. The molecule has 0 amide bonds. The van der Waals surface area contributed by atoms with Gasteiger partial charge in [-0.05, 0) is 25.7 Å². The Balaban J connectivity index is 2.68. The zero-order valence-corrected chi connectivity index (χ0v) is 9.12. The van der Waals surface area contributed by atoms with E-state index in [1.165, 1.54) is 0 Å². The molecule has 13 heavy (non-hydrogen) atoms. The monoisotopic (exact) mass is 181 g/mol. The lowest BCUT2D eigenvalue weighted by Crippen LogP contribution is -2.58. The molecule has 0 aromatic carbocycles. The highest BCUT2D eigenvalue weighted by atomic mass is 16.3. The van der Waals surface area contributed by atoms with Gasteiger partial charge >= 0.3 is 0 Å². The van der Waals surface area contributed by atoms with Gasteiger partial charge in [0, 0.05) is 24.6 Å². The van der Waals surface area contributed by atoms with Crippen LogP contribution in [0.1, 0.15) is 27.7 Å². The Morgan fingerprint density at radius 1 is 1.31 bits per heavy atom. The molecule has 2 radical (unpaired) electrons. The summed E-state index contributed by atoms with van der Waals surface area (Å²) in [6, 6.07) is 0.543. The second-order valence-corrected chi connectivity index (χ2v) is 4.74. The summed E-state index contributed by atoms with van der Waals surface area (Å²) in [6.45, 7) is 10.2. The van der Waals surface area contributed by atoms with Crippen molar-refractivity contribution in [2.75, 3.05) is 13.1 Å². The SMILES string of the molecule is [B]C1(O)C(C)CN(C(C)C)CC1C. The summed E-state index contributed by atoms with van der Waals surface area (Å²) in [5.74, 6) is 0.303. The van der Waals surface area contributed by atoms with Gasteiger partial charge in [-0.25, -0.2) is 0 Å². The summed E-state index contributed by atoms with van der Waals surface area (Å²) < 4.78 is 0. The van der Waals surface area contributed by atoms with Gasteiger partial charge in [0.15, 0.2) is 0 Å². The van der Waals surface area contributed by atoms with E-state index in [4.69, 9.17) is 7.85 Å². The molecular formula is C10H20BNO. The molecule has 74 valence electrons. The van der Waals surface area contributed by atoms with Crippen molar-refractivity contribution in [3.63, 3.8) is 0 Å². The number of rotatable bonds is 1. The number of piperidine rings is 1. The van der Waals surface area contributed by atoms with Gasteiger partial charge in [-0.15, -0.1) is 0 Å². The standard InChI is InChI=1S/C10H20BNO/c1-7(2)12-5-8(3)10(11,13)9(4)6-12/h7-9,13H,5-6H2,1-4H3. The first kappa shape index (κ1) is 11.1. The maximum atomic E-state index is 9.96. The van der Waals surface area contributed by atoms with Crippen molar-refractivity contribution in [2.45, 2.75) is 39.2 Å². The lowest BCUT2D eigenvalue weighted by atomic mass is 9.62. The minimum Gasteiger partial charge on any atom is -0.399 e. The van der Waals surface area contributed by atoms with Gasteiger partial charge in [0.25, 0.3) is 0 Å². The van der Waals surface area contributed by atoms with E-state index in [0.717, 1.165) is 13.1 Å². The van der Waals surface area contributed by atoms with Gasteiger partial charge in [-0.2, -0.15) is 0 Å². The quantitative estimate of drug-likeness (QED) is 0.606. The zero-order valence-electron chi connectivity index (χ0n) is 9.12. The summed E-state index contributed by atoms with van der Waals surface area (Å²) in [5.41, 5.74) is -0.981. The highest BCUT2D eigenvalue weighted by molar-refractivity contribution is 6.14. The van der Waals surface area contributed by atoms with Gasteiger partial charge in [0.2, 0.25) is 0 Å². The van der Waals surface area contributed by atoms with E-state index in [9.17, 15) is 5.11 Å². The maximum Gasteiger partial charge on any atom is 0.114 e. The third-order valence-electron chi connectivity index (χ3n) is 3.33. The minimum atomic E-state index is -0.981. The van der Waals surface area contributed by atoms with Crippen molar-refractivity contribution in [1.29, 1.82) is 0 Å². The molecule has 1 heterocycles. The molecule has 0 aromatic rings. The van der Waals surface area contributed by atoms with Crippen LogP contribution in [0.3, 0.4) is 0 Å². The molecule has 2 atom stereocenters. The molecule has 0 spiro atoms. The molecule has 1 aliphatic rings. The van der Waals surface area contributed by atoms with Crippen LogP contribution in [0.25, 0.3) is 0 Å². The number of aliphatic hydroxyl groups is 1. The Morgan fingerprint density at radius 3 is 2.00 bits per heavy atom. The smallest absolute Gasteiger partial charge is 0.114 e. The average Bonchev–Trinajstić information content (AvgIpc) is 2.00. The van der Waals surface area contributed by atoms with Crippen molar-refractivity contribution in [3.05, 3.63) is 0 Å². The Morgan fingerprint density at radius 2 is 1.69 bits per heavy atom. The second-order valence-electron chi connectivity index (χ2n) is 4.74. The third-order valence-corrected chi connectivity index (χ3v) is 3.33. The van der Waals surface area contributed by atoms with E-state index in [0.29, 0.717) is 6.04 Å². The van der Waals surface area contributed by atoms with E-state index in [2.05, 4.69) is 18.7 Å². The number of hydrogen-bond acceptors (Lipinski definition) is 2. The van der Waals surface area contributed by atoms with Crippen LogP contribution in [0.15, 0.2) is 0 Å². The lowest BCUT2D eigenvalue weighted by molar-refractivity contribution is -0.0506. The van der Waals surface area contributed by atoms with Crippen molar-refractivity contribution >= 4 is 7.85 Å². The second kappa shape index (κ2) is 3.62. The van der Waals surface area contributed by atoms with Gasteiger partial charge in [0.05, 0.1) is 0 Å². The fourth-order valence-corrected chi connectivity index (χ4v) is 1.98. The van der Waals surface area contributed by atoms with Crippen molar-refractivity contribution in [1.82, 2.24) is 4.90 Å². The van der Waals surface area contributed by atoms with E-state index >= 15 is 0 Å². The average molecular weight is 181 g/mol. The molecule has 1 rings (SSSR count). The van der Waals surface area contributed by atoms with Crippen LogP contribution >= 0.6 is 0 Å². The minimum absolute atomic E-state index is 0.152. The summed E-state index contributed by atoms with van der Waals surface area (Å²) in [7, 11) is 5.86. The molecule has 2 unspecified atom stereocenters. The first-order valence-corrected chi connectivity index (χ1v) is 5.11. The highest BCUT2D eigenvalue weighted by Gasteiger charge is 2.40. The van der Waals surface area contributed by atoms with Crippen molar-refractivity contribution < 1.29 is 5.11 Å². The third kappa shape index (κ3) is 2.08. The highest BCUT2D eigenvalue weighted by Crippen LogP contribution is 2.30. The van der Waals surface area contributed by atoms with Crippen LogP contribution in [-0.2, 0) is 0 Å². The van der Waals surface area contributed by atoms with Crippen LogP contribution in [0.2, 0.25) is 0 Å². The number of likely N-dealkylation sites (tertiary alicyclic amines) is 1. The first-order valence-electron chi connectivity index (χ1n) is 5.11. The number of hydrogen-bond donors (Lipinski definition) is 1. The van der Waals surface area contributed by atoms with Gasteiger partial charge in [-0.3, -0.25) is 0 Å². The Bertz CT molecular complexity index is 168. The van der Waals surface area contributed by atoms with Gasteiger partial charge in [0.1, 0.15) is 7.85 Å². The van der Waals surface area contributed by atoms with Crippen LogP contribution < -0.4 is 0 Å². The predicted octanol–water partition coefficient (Wildman–Crippen LogP) is 0.840. The van der Waals surface area contributed by atoms with Crippen LogP contribution in [-0.4, -0.2) is 42.5 Å². The molecule has 1 fully saturated rings. The molecule has 0 aliphatic carbocycles. The Labute approximate surface area is 82.7 Å². The molecule has 1 saturated heterocycles. The van der Waals surface area contributed by atoms with Gasteiger partial charge in [-0.1, -0.05) is 13.8 Å². The fraction of sp³-hybridized carbons (Fsp3) is 1.00. The Kier molecular flexibility index (Phi) is 3.08. The lowest BCUT2D eigenvalue weighted by Gasteiger charge is -2.47. The molecule has 0 bridgehead atoms. The topological polar surface area (TPSA) is 23.5 Å². The first-order chi connectivity index (χ1) is 5.85. The molecular weight excluding hydrogens is 161 g/mol. The summed E-state index contributed by atoms with van der Waals surface area (Å²) in [6.07, 6.45) is 0. The van der Waals surface area contributed by atoms with Crippen LogP contribution in [0.5, 0.6) is 0 Å². The van der Waals surface area contributed by atoms with E-state index in [1.54, 1.807) is 0 Å². The summed E-state index contributed by atoms with van der Waals surface area (Å²) in [5, 5.41) is 9.96. The van der Waals surface area contributed by atoms with E-state index in [1.807, 2.05) is 13.8 Å². The maximum absolute atomic E-state index is 9.96. The molecule has 1 aliphatic heterocycles. The normalized spacial score (nSPS) is 42.6. The summed E-state index contributed by atoms with van der Waals surface area (Å²) in [4.78, 5) is 2.37. The summed E-state index contributed by atoms with van der Waals surface area (Å²) >= 11 is 0. The van der Waals surface area contributed by atoms with Gasteiger partial charge < -0.3 is 10.0 Å². The molecule has 0 aromatic heterocycles. The molecule has 1 N–H and O–H groups in total. The molecule has 3 heteroatoms. The molecule has 2 nitrogen and oxygen atoms in total. The van der Waals surface area contributed by atoms with E-state index in [-0.39, 0.29) is 11.8 Å². The zero-order chi connectivity index (χ0) is 10.2. The van der Waals surface area contributed by atoms with Crippen LogP contribution in [0.4, 0.5) is 0 Å². The van der Waals surface area contributed by atoms with Crippen LogP contribution in [0, 0.1) is 11.8 Å². The molecule has 0 saturated carbocycles.